The molecular formula is C18H27NOS. The fourth-order valence-electron chi connectivity index (χ4n) is 3.85. The molecule has 2 saturated heterocycles. The molecule has 0 radical (unpaired) electrons. The van der Waals surface area contributed by atoms with E-state index in [4.69, 9.17) is 4.74 Å². The van der Waals surface area contributed by atoms with Crippen molar-refractivity contribution in [3.8, 4) is 0 Å². The van der Waals surface area contributed by atoms with Gasteiger partial charge in [0.1, 0.15) is 0 Å². The lowest BCUT2D eigenvalue weighted by molar-refractivity contribution is -0.0853. The van der Waals surface area contributed by atoms with Crippen LogP contribution in [0.5, 0.6) is 0 Å². The Hall–Kier alpha value is -0.510. The number of benzene rings is 1. The molecule has 2 fully saturated rings. The predicted octanol–water partition coefficient (Wildman–Crippen LogP) is 3.95. The van der Waals surface area contributed by atoms with Gasteiger partial charge in [-0.25, -0.2) is 0 Å². The van der Waals surface area contributed by atoms with Gasteiger partial charge in [-0.1, -0.05) is 36.8 Å². The van der Waals surface area contributed by atoms with E-state index in [0.29, 0.717) is 12.0 Å². The summed E-state index contributed by atoms with van der Waals surface area (Å²) in [5, 5.41) is 3.74. The maximum Gasteiger partial charge on any atom is 0.0783 e. The summed E-state index contributed by atoms with van der Waals surface area (Å²) in [6.07, 6.45) is 3.63. The van der Waals surface area contributed by atoms with Gasteiger partial charge in [-0.15, -0.1) is 0 Å². The number of aryl methyl sites for hydroxylation is 1. The summed E-state index contributed by atoms with van der Waals surface area (Å²) >= 11 is 2.06. The molecule has 3 heteroatoms. The molecule has 0 bridgehead atoms. The molecule has 1 spiro atoms. The summed E-state index contributed by atoms with van der Waals surface area (Å²) in [5.41, 5.74) is 2.98. The average molecular weight is 305 g/mol. The third-order valence-electron chi connectivity index (χ3n) is 4.89. The third kappa shape index (κ3) is 3.46. The van der Waals surface area contributed by atoms with Gasteiger partial charge < -0.3 is 10.1 Å². The second-order valence-electron chi connectivity index (χ2n) is 6.54. The van der Waals surface area contributed by atoms with Gasteiger partial charge in [0.15, 0.2) is 0 Å². The van der Waals surface area contributed by atoms with E-state index in [1.54, 1.807) is 0 Å². The quantitative estimate of drug-likeness (QED) is 0.910. The Morgan fingerprint density at radius 1 is 1.48 bits per heavy atom. The zero-order chi connectivity index (χ0) is 14.7. The highest BCUT2D eigenvalue weighted by Crippen LogP contribution is 2.44. The summed E-state index contributed by atoms with van der Waals surface area (Å²) in [6, 6.07) is 9.48. The highest BCUT2D eigenvalue weighted by molar-refractivity contribution is 7.99. The van der Waals surface area contributed by atoms with E-state index in [1.165, 1.54) is 41.9 Å². The lowest BCUT2D eigenvalue weighted by Crippen LogP contribution is -2.43. The molecule has 0 amide bonds. The number of thioether (sulfide) groups is 1. The smallest absolute Gasteiger partial charge is 0.0783 e. The Balaban J connectivity index is 1.80. The van der Waals surface area contributed by atoms with Crippen molar-refractivity contribution in [1.82, 2.24) is 5.32 Å². The van der Waals surface area contributed by atoms with E-state index in [2.05, 4.69) is 55.2 Å². The van der Waals surface area contributed by atoms with Crippen molar-refractivity contribution in [3.63, 3.8) is 0 Å². The van der Waals surface area contributed by atoms with Gasteiger partial charge in [-0.2, -0.15) is 11.8 Å². The van der Waals surface area contributed by atoms with Crippen molar-refractivity contribution in [2.75, 3.05) is 24.7 Å². The normalized spacial score (nSPS) is 30.7. The Bertz CT molecular complexity index is 470. The highest BCUT2D eigenvalue weighted by Gasteiger charge is 2.42. The molecule has 3 unspecified atom stereocenters. The van der Waals surface area contributed by atoms with Gasteiger partial charge in [0.25, 0.3) is 0 Å². The lowest BCUT2D eigenvalue weighted by Gasteiger charge is -2.41. The van der Waals surface area contributed by atoms with Crippen LogP contribution in [0.25, 0.3) is 0 Å². The van der Waals surface area contributed by atoms with Crippen molar-refractivity contribution < 1.29 is 4.74 Å². The van der Waals surface area contributed by atoms with Gasteiger partial charge in [0, 0.05) is 18.4 Å². The number of hydrogen-bond acceptors (Lipinski definition) is 3. The number of hydrogen-bond donors (Lipinski definition) is 1. The van der Waals surface area contributed by atoms with Gasteiger partial charge in [-0.05, 0) is 50.0 Å². The molecule has 0 aliphatic carbocycles. The molecule has 2 aliphatic heterocycles. The molecular weight excluding hydrogens is 278 g/mol. The SMILES string of the molecule is CCNC(c1cccc(C)c1)C1CCOC2(CCSC2)C1. The predicted molar refractivity (Wildman–Crippen MR) is 90.9 cm³/mol. The molecule has 0 aromatic heterocycles. The van der Waals surface area contributed by atoms with E-state index < -0.39 is 0 Å². The molecule has 116 valence electrons. The Morgan fingerprint density at radius 2 is 2.38 bits per heavy atom. The van der Waals surface area contributed by atoms with Crippen molar-refractivity contribution in [2.24, 2.45) is 5.92 Å². The molecule has 0 saturated carbocycles. The first-order valence-corrected chi connectivity index (χ1v) is 9.39. The number of ether oxygens (including phenoxy) is 1. The van der Waals surface area contributed by atoms with Crippen LogP contribution in [0.15, 0.2) is 24.3 Å². The van der Waals surface area contributed by atoms with Crippen molar-refractivity contribution >= 4 is 11.8 Å². The van der Waals surface area contributed by atoms with Crippen LogP contribution in [0, 0.1) is 12.8 Å². The fraction of sp³-hybridized carbons (Fsp3) is 0.667. The molecule has 1 aromatic carbocycles. The van der Waals surface area contributed by atoms with Crippen LogP contribution < -0.4 is 5.32 Å². The van der Waals surface area contributed by atoms with Crippen LogP contribution in [-0.2, 0) is 4.74 Å². The lowest BCUT2D eigenvalue weighted by atomic mass is 9.79. The molecule has 1 N–H and O–H groups in total. The Morgan fingerprint density at radius 3 is 3.10 bits per heavy atom. The summed E-state index contributed by atoms with van der Waals surface area (Å²) in [5.74, 6) is 3.15. The van der Waals surface area contributed by atoms with Crippen molar-refractivity contribution in [2.45, 2.75) is 44.8 Å². The van der Waals surface area contributed by atoms with Crippen molar-refractivity contribution in [3.05, 3.63) is 35.4 Å². The second kappa shape index (κ2) is 6.72. The zero-order valence-corrected chi connectivity index (χ0v) is 14.0. The van der Waals surface area contributed by atoms with Crippen molar-refractivity contribution in [1.29, 1.82) is 0 Å². The monoisotopic (exact) mass is 305 g/mol. The summed E-state index contributed by atoms with van der Waals surface area (Å²) in [7, 11) is 0. The van der Waals surface area contributed by atoms with Gasteiger partial charge >= 0.3 is 0 Å². The molecule has 2 heterocycles. The summed E-state index contributed by atoms with van der Waals surface area (Å²) < 4.78 is 6.20. The van der Waals surface area contributed by atoms with Gasteiger partial charge in [0.2, 0.25) is 0 Å². The van der Waals surface area contributed by atoms with E-state index in [9.17, 15) is 0 Å². The number of nitrogens with one attached hydrogen (secondary N) is 1. The van der Waals surface area contributed by atoms with E-state index in [0.717, 1.165) is 13.2 Å². The fourth-order valence-corrected chi connectivity index (χ4v) is 5.23. The third-order valence-corrected chi connectivity index (χ3v) is 6.12. The standard InChI is InChI=1S/C18H27NOS/c1-3-19-17(15-6-4-5-14(2)11-15)16-7-9-20-18(12-16)8-10-21-13-18/h4-6,11,16-17,19H,3,7-10,12-13H2,1-2H3. The minimum Gasteiger partial charge on any atom is -0.374 e. The van der Waals surface area contributed by atoms with Crippen LogP contribution in [0.3, 0.4) is 0 Å². The first-order valence-electron chi connectivity index (χ1n) is 8.24. The maximum absolute atomic E-state index is 6.20. The van der Waals surface area contributed by atoms with E-state index in [-0.39, 0.29) is 5.60 Å². The van der Waals surface area contributed by atoms with E-state index >= 15 is 0 Å². The minimum absolute atomic E-state index is 0.172. The molecule has 3 rings (SSSR count). The van der Waals surface area contributed by atoms with E-state index in [1.807, 2.05) is 0 Å². The average Bonchev–Trinajstić information content (AvgIpc) is 2.92. The van der Waals surface area contributed by atoms with Gasteiger partial charge in [0.05, 0.1) is 5.60 Å². The molecule has 3 atom stereocenters. The molecule has 2 aliphatic rings. The zero-order valence-electron chi connectivity index (χ0n) is 13.2. The molecule has 21 heavy (non-hydrogen) atoms. The van der Waals surface area contributed by atoms with Crippen LogP contribution in [0.1, 0.15) is 43.4 Å². The summed E-state index contributed by atoms with van der Waals surface area (Å²) in [6.45, 7) is 6.35. The summed E-state index contributed by atoms with van der Waals surface area (Å²) in [4.78, 5) is 0. The Kier molecular flexibility index (Phi) is 4.92. The topological polar surface area (TPSA) is 21.3 Å². The van der Waals surface area contributed by atoms with Crippen LogP contribution in [0.2, 0.25) is 0 Å². The van der Waals surface area contributed by atoms with Crippen LogP contribution in [-0.4, -0.2) is 30.3 Å². The first-order chi connectivity index (χ1) is 10.2. The Labute approximate surface area is 133 Å². The number of rotatable bonds is 4. The molecule has 1 aromatic rings. The van der Waals surface area contributed by atoms with Crippen LogP contribution in [0.4, 0.5) is 0 Å². The van der Waals surface area contributed by atoms with Crippen LogP contribution >= 0.6 is 11.8 Å². The molecule has 2 nitrogen and oxygen atoms in total. The largest absolute Gasteiger partial charge is 0.374 e. The first kappa shape index (κ1) is 15.4. The highest BCUT2D eigenvalue weighted by atomic mass is 32.2. The maximum atomic E-state index is 6.20. The second-order valence-corrected chi connectivity index (χ2v) is 7.64. The minimum atomic E-state index is 0.172. The van der Waals surface area contributed by atoms with Gasteiger partial charge in [-0.3, -0.25) is 0 Å².